The van der Waals surface area contributed by atoms with Crippen LogP contribution in [-0.4, -0.2) is 21.7 Å². The number of carboxylic acid groups (broad SMARTS) is 1. The number of rotatable bonds is 4. The molecule has 1 atom stereocenters. The highest BCUT2D eigenvalue weighted by atomic mass is 16.4. The number of carbonyl (C=O) groups is 1. The van der Waals surface area contributed by atoms with E-state index in [9.17, 15) is 4.79 Å². The fourth-order valence-corrected chi connectivity index (χ4v) is 1.17. The molecule has 0 saturated heterocycles. The summed E-state index contributed by atoms with van der Waals surface area (Å²) in [5.41, 5.74) is 5.36. The smallest absolute Gasteiger partial charge is 0.323 e. The van der Waals surface area contributed by atoms with Crippen molar-refractivity contribution in [1.29, 1.82) is 0 Å². The van der Waals surface area contributed by atoms with Crippen LogP contribution in [0.15, 0.2) is 24.3 Å². The number of benzene rings is 1. The first-order chi connectivity index (χ1) is 6.92. The molecule has 0 saturated carbocycles. The summed E-state index contributed by atoms with van der Waals surface area (Å²) >= 11 is 0. The Kier molecular flexibility index (Phi) is 3.31. The number of hydrogen-bond acceptors (Lipinski definition) is 3. The molecule has 82 valence electrons. The molecule has 1 unspecified atom stereocenters. The fourth-order valence-electron chi connectivity index (χ4n) is 1.17. The monoisotopic (exact) mass is 209 g/mol. The molecule has 1 rings (SSSR count). The highest BCUT2D eigenvalue weighted by Gasteiger charge is 2.26. The minimum Gasteiger partial charge on any atom is -0.508 e. The van der Waals surface area contributed by atoms with Crippen LogP contribution in [0.1, 0.15) is 18.9 Å². The van der Waals surface area contributed by atoms with E-state index in [2.05, 4.69) is 0 Å². The summed E-state index contributed by atoms with van der Waals surface area (Å²) in [5.74, 6) is -0.797. The molecule has 0 aliphatic carbocycles. The summed E-state index contributed by atoms with van der Waals surface area (Å²) in [5, 5.41) is 17.9. The van der Waals surface area contributed by atoms with Crippen molar-refractivity contribution < 1.29 is 15.0 Å². The van der Waals surface area contributed by atoms with Crippen molar-refractivity contribution in [2.45, 2.75) is 25.3 Å². The van der Waals surface area contributed by atoms with Gasteiger partial charge < -0.3 is 15.9 Å². The van der Waals surface area contributed by atoms with Gasteiger partial charge in [-0.3, -0.25) is 4.79 Å². The molecular formula is C11H15NO3. The Morgan fingerprint density at radius 3 is 2.40 bits per heavy atom. The molecule has 0 aliphatic rings. The maximum absolute atomic E-state index is 10.7. The molecule has 4 heteroatoms. The molecule has 1 aromatic carbocycles. The Labute approximate surface area is 88.3 Å². The molecule has 0 heterocycles. The topological polar surface area (TPSA) is 83.5 Å². The Balaban J connectivity index is 2.57. The van der Waals surface area contributed by atoms with Gasteiger partial charge in [-0.25, -0.2) is 0 Å². The van der Waals surface area contributed by atoms with Crippen molar-refractivity contribution in [3.05, 3.63) is 29.8 Å². The number of phenolic OH excluding ortho intramolecular Hbond substituents is 1. The Bertz CT molecular complexity index is 343. The molecule has 0 aromatic heterocycles. The van der Waals surface area contributed by atoms with Crippen molar-refractivity contribution >= 4 is 5.97 Å². The Morgan fingerprint density at radius 2 is 1.93 bits per heavy atom. The van der Waals surface area contributed by atoms with Gasteiger partial charge in [-0.2, -0.15) is 0 Å². The van der Waals surface area contributed by atoms with E-state index in [4.69, 9.17) is 15.9 Å². The average Bonchev–Trinajstić information content (AvgIpc) is 2.17. The van der Waals surface area contributed by atoms with Gasteiger partial charge in [0.25, 0.3) is 0 Å². The predicted octanol–water partition coefficient (Wildman–Crippen LogP) is 1.13. The number of carboxylic acids is 1. The number of aryl methyl sites for hydroxylation is 1. The highest BCUT2D eigenvalue weighted by molar-refractivity contribution is 5.77. The summed E-state index contributed by atoms with van der Waals surface area (Å²) in [4.78, 5) is 10.7. The number of hydrogen-bond donors (Lipinski definition) is 3. The minimum absolute atomic E-state index is 0.201. The summed E-state index contributed by atoms with van der Waals surface area (Å²) in [6.45, 7) is 1.50. The van der Waals surface area contributed by atoms with Crippen LogP contribution in [0.25, 0.3) is 0 Å². The number of phenols is 1. The lowest BCUT2D eigenvalue weighted by atomic mass is 9.94. The van der Waals surface area contributed by atoms with Gasteiger partial charge in [-0.15, -0.1) is 0 Å². The third-order valence-electron chi connectivity index (χ3n) is 2.36. The number of aromatic hydroxyl groups is 1. The van der Waals surface area contributed by atoms with Gasteiger partial charge >= 0.3 is 5.97 Å². The van der Waals surface area contributed by atoms with E-state index in [1.54, 1.807) is 24.3 Å². The fraction of sp³-hybridized carbons (Fsp3) is 0.364. The molecule has 0 bridgehead atoms. The zero-order valence-corrected chi connectivity index (χ0v) is 8.60. The first-order valence-electron chi connectivity index (χ1n) is 4.72. The lowest BCUT2D eigenvalue weighted by Crippen LogP contribution is -2.45. The van der Waals surface area contributed by atoms with E-state index in [1.807, 2.05) is 0 Å². The predicted molar refractivity (Wildman–Crippen MR) is 56.7 cm³/mol. The molecular weight excluding hydrogens is 194 g/mol. The second kappa shape index (κ2) is 4.31. The van der Waals surface area contributed by atoms with Gasteiger partial charge in [0.1, 0.15) is 11.3 Å². The van der Waals surface area contributed by atoms with Crippen molar-refractivity contribution in [2.24, 2.45) is 5.73 Å². The highest BCUT2D eigenvalue weighted by Crippen LogP contribution is 2.15. The molecule has 0 radical (unpaired) electrons. The van der Waals surface area contributed by atoms with Crippen LogP contribution in [0.2, 0.25) is 0 Å². The lowest BCUT2D eigenvalue weighted by Gasteiger charge is -2.18. The molecule has 1 aromatic rings. The molecule has 0 aliphatic heterocycles. The first kappa shape index (κ1) is 11.5. The molecule has 15 heavy (non-hydrogen) atoms. The van der Waals surface area contributed by atoms with E-state index in [-0.39, 0.29) is 5.75 Å². The Morgan fingerprint density at radius 1 is 1.40 bits per heavy atom. The normalized spacial score (nSPS) is 14.5. The van der Waals surface area contributed by atoms with Gasteiger partial charge in [0.05, 0.1) is 0 Å². The first-order valence-corrected chi connectivity index (χ1v) is 4.72. The maximum Gasteiger partial charge on any atom is 0.323 e. The van der Waals surface area contributed by atoms with Crippen LogP contribution < -0.4 is 5.73 Å². The second-order valence-electron chi connectivity index (χ2n) is 3.89. The molecule has 4 N–H and O–H groups in total. The van der Waals surface area contributed by atoms with Gasteiger partial charge in [-0.1, -0.05) is 12.1 Å². The van der Waals surface area contributed by atoms with Crippen LogP contribution in [0, 0.1) is 0 Å². The molecule has 4 nitrogen and oxygen atoms in total. The van der Waals surface area contributed by atoms with E-state index >= 15 is 0 Å². The van der Waals surface area contributed by atoms with Crippen LogP contribution in [0.5, 0.6) is 5.75 Å². The molecule has 0 fully saturated rings. The average molecular weight is 209 g/mol. The van der Waals surface area contributed by atoms with Gasteiger partial charge in [0.2, 0.25) is 0 Å². The number of aliphatic carboxylic acids is 1. The van der Waals surface area contributed by atoms with Crippen LogP contribution >= 0.6 is 0 Å². The van der Waals surface area contributed by atoms with Crippen molar-refractivity contribution in [2.75, 3.05) is 0 Å². The third kappa shape index (κ3) is 3.25. The molecule has 0 spiro atoms. The standard InChI is InChI=1S/C11H15NO3/c1-11(12,10(14)15)7-6-8-2-4-9(13)5-3-8/h2-5,13H,6-7,12H2,1H3,(H,14,15). The molecule has 0 amide bonds. The van der Waals surface area contributed by atoms with Gasteiger partial charge in [0.15, 0.2) is 0 Å². The van der Waals surface area contributed by atoms with Crippen molar-refractivity contribution in [3.8, 4) is 5.75 Å². The van der Waals surface area contributed by atoms with Crippen LogP contribution in [0.4, 0.5) is 0 Å². The maximum atomic E-state index is 10.7. The Hall–Kier alpha value is -1.55. The lowest BCUT2D eigenvalue weighted by molar-refractivity contribution is -0.142. The largest absolute Gasteiger partial charge is 0.508 e. The van der Waals surface area contributed by atoms with E-state index < -0.39 is 11.5 Å². The van der Waals surface area contributed by atoms with Crippen LogP contribution in [-0.2, 0) is 11.2 Å². The zero-order chi connectivity index (χ0) is 11.5. The SMILES string of the molecule is CC(N)(CCc1ccc(O)cc1)C(=O)O. The van der Waals surface area contributed by atoms with E-state index in [0.29, 0.717) is 12.8 Å². The minimum atomic E-state index is -1.20. The summed E-state index contributed by atoms with van der Waals surface area (Å²) in [7, 11) is 0. The van der Waals surface area contributed by atoms with Crippen LogP contribution in [0.3, 0.4) is 0 Å². The quantitative estimate of drug-likeness (QED) is 0.694. The summed E-state index contributed by atoms with van der Waals surface area (Å²) in [6.07, 6.45) is 0.951. The summed E-state index contributed by atoms with van der Waals surface area (Å²) in [6, 6.07) is 6.66. The number of nitrogens with two attached hydrogens (primary N) is 1. The summed E-state index contributed by atoms with van der Waals surface area (Å²) < 4.78 is 0. The van der Waals surface area contributed by atoms with Crippen molar-refractivity contribution in [1.82, 2.24) is 0 Å². The second-order valence-corrected chi connectivity index (χ2v) is 3.89. The van der Waals surface area contributed by atoms with E-state index in [0.717, 1.165) is 5.56 Å². The van der Waals surface area contributed by atoms with Gasteiger partial charge in [-0.05, 0) is 37.5 Å². The third-order valence-corrected chi connectivity index (χ3v) is 2.36. The van der Waals surface area contributed by atoms with Gasteiger partial charge in [0, 0.05) is 0 Å². The zero-order valence-electron chi connectivity index (χ0n) is 8.60. The van der Waals surface area contributed by atoms with Crippen molar-refractivity contribution in [3.63, 3.8) is 0 Å². The van der Waals surface area contributed by atoms with E-state index in [1.165, 1.54) is 6.92 Å².